The lowest BCUT2D eigenvalue weighted by Crippen LogP contribution is -2.53. The molecule has 0 saturated carbocycles. The van der Waals surface area contributed by atoms with Crippen molar-refractivity contribution in [2.45, 2.75) is 31.3 Å². The van der Waals surface area contributed by atoms with Crippen molar-refractivity contribution in [3.8, 4) is 11.5 Å². The first-order valence-corrected chi connectivity index (χ1v) is 12.8. The Balaban J connectivity index is 1.39. The Morgan fingerprint density at radius 3 is 2.70 bits per heavy atom. The van der Waals surface area contributed by atoms with Gasteiger partial charge in [-0.2, -0.15) is 0 Å². The van der Waals surface area contributed by atoms with Crippen molar-refractivity contribution < 1.29 is 24.2 Å². The number of carbonyl (C=O) groups excluding carboxylic acids is 2. The number of hydrogen-bond acceptors (Lipinski definition) is 6. The molecule has 6 rings (SSSR count). The number of carbonyl (C=O) groups is 2. The molecule has 4 heterocycles. The summed E-state index contributed by atoms with van der Waals surface area (Å²) >= 11 is 0. The number of rotatable bonds is 6. The molecule has 2 N–H and O–H groups in total. The minimum absolute atomic E-state index is 0.115. The first kappa shape index (κ1) is 23.8. The number of imide groups is 1. The number of nitrogens with zero attached hydrogens (tertiary/aromatic N) is 3. The molecule has 2 atom stereocenters. The summed E-state index contributed by atoms with van der Waals surface area (Å²) in [5.41, 5.74) is 2.49. The summed E-state index contributed by atoms with van der Waals surface area (Å²) < 4.78 is 10.9. The highest BCUT2D eigenvalue weighted by Gasteiger charge is 2.60. The van der Waals surface area contributed by atoms with Crippen molar-refractivity contribution in [1.29, 1.82) is 0 Å². The number of aromatic amines is 1. The fourth-order valence-corrected chi connectivity index (χ4v) is 6.13. The van der Waals surface area contributed by atoms with Gasteiger partial charge in [0.2, 0.25) is 0 Å². The zero-order valence-corrected chi connectivity index (χ0v) is 21.2. The van der Waals surface area contributed by atoms with Crippen LogP contribution in [-0.2, 0) is 16.0 Å². The Hall–Kier alpha value is -3.56. The average Bonchev–Trinajstić information content (AvgIpc) is 3.35. The molecular weight excluding hydrogens is 472 g/mol. The molecule has 0 aliphatic carbocycles. The lowest BCUT2D eigenvalue weighted by Gasteiger charge is -2.42. The van der Waals surface area contributed by atoms with E-state index in [2.05, 4.69) is 9.88 Å². The molecule has 2 fully saturated rings. The Bertz CT molecular complexity index is 1360. The number of amides is 3. The van der Waals surface area contributed by atoms with Gasteiger partial charge in [0.1, 0.15) is 23.1 Å². The normalized spacial score (nSPS) is 24.0. The lowest BCUT2D eigenvalue weighted by molar-refractivity contribution is -0.133. The number of phenols is 1. The number of nitrogens with one attached hydrogen (secondary N) is 1. The quantitative estimate of drug-likeness (QED) is 0.500. The summed E-state index contributed by atoms with van der Waals surface area (Å²) in [5, 5.41) is 11.3. The van der Waals surface area contributed by atoms with Crippen LogP contribution in [0.15, 0.2) is 42.5 Å². The van der Waals surface area contributed by atoms with Gasteiger partial charge < -0.3 is 19.6 Å². The summed E-state index contributed by atoms with van der Waals surface area (Å²) in [6.07, 6.45) is 1.11. The molecule has 3 amide bonds. The SMILES string of the molecule is COc1ccc2[nH]c3c(c2c1)CC1(C)C(=O)N(CCCN2CCOCC2)C(=O)N1C3c1cccc(O)c1. The largest absolute Gasteiger partial charge is 0.508 e. The highest BCUT2D eigenvalue weighted by Crippen LogP contribution is 2.49. The highest BCUT2D eigenvalue weighted by atomic mass is 16.5. The first-order chi connectivity index (χ1) is 17.9. The number of phenolic OH excluding ortho intramolecular Hbond substituents is 1. The Morgan fingerprint density at radius 1 is 1.14 bits per heavy atom. The number of hydrogen-bond donors (Lipinski definition) is 2. The Kier molecular flexibility index (Phi) is 5.84. The topological polar surface area (TPSA) is 98.3 Å². The molecule has 2 saturated heterocycles. The van der Waals surface area contributed by atoms with E-state index in [1.165, 1.54) is 4.90 Å². The predicted molar refractivity (Wildman–Crippen MR) is 138 cm³/mol. The third-order valence-electron chi connectivity index (χ3n) is 8.02. The van der Waals surface area contributed by atoms with E-state index in [0.29, 0.717) is 19.4 Å². The predicted octanol–water partition coefficient (Wildman–Crippen LogP) is 3.27. The summed E-state index contributed by atoms with van der Waals surface area (Å²) in [5.74, 6) is 0.673. The molecule has 3 aromatic rings. The molecule has 0 spiro atoms. The molecule has 1 aromatic heterocycles. The van der Waals surface area contributed by atoms with Gasteiger partial charge in [-0.1, -0.05) is 12.1 Å². The number of aromatic nitrogens is 1. The second-order valence-electron chi connectivity index (χ2n) is 10.3. The van der Waals surface area contributed by atoms with Crippen molar-refractivity contribution >= 4 is 22.8 Å². The molecule has 2 aromatic carbocycles. The van der Waals surface area contributed by atoms with Gasteiger partial charge in [0.05, 0.1) is 20.3 Å². The van der Waals surface area contributed by atoms with Gasteiger partial charge >= 0.3 is 6.03 Å². The molecule has 2 unspecified atom stereocenters. The van der Waals surface area contributed by atoms with Crippen molar-refractivity contribution in [3.63, 3.8) is 0 Å². The molecule has 3 aliphatic rings. The van der Waals surface area contributed by atoms with Crippen LogP contribution >= 0.6 is 0 Å². The molecule has 0 bridgehead atoms. The number of urea groups is 1. The van der Waals surface area contributed by atoms with Crippen LogP contribution in [0.4, 0.5) is 4.79 Å². The van der Waals surface area contributed by atoms with Gasteiger partial charge in [0.25, 0.3) is 5.91 Å². The van der Waals surface area contributed by atoms with Gasteiger partial charge in [0, 0.05) is 49.2 Å². The summed E-state index contributed by atoms with van der Waals surface area (Å²) in [6.45, 7) is 6.23. The average molecular weight is 505 g/mol. The maximum Gasteiger partial charge on any atom is 0.328 e. The Morgan fingerprint density at radius 2 is 1.95 bits per heavy atom. The van der Waals surface area contributed by atoms with Crippen molar-refractivity contribution in [3.05, 3.63) is 59.3 Å². The van der Waals surface area contributed by atoms with E-state index in [0.717, 1.165) is 66.3 Å². The monoisotopic (exact) mass is 504 g/mol. The van der Waals surface area contributed by atoms with Crippen molar-refractivity contribution in [2.24, 2.45) is 0 Å². The van der Waals surface area contributed by atoms with Gasteiger partial charge in [-0.3, -0.25) is 19.5 Å². The van der Waals surface area contributed by atoms with Crippen molar-refractivity contribution in [2.75, 3.05) is 46.5 Å². The molecular formula is C28H32N4O5. The van der Waals surface area contributed by atoms with Gasteiger partial charge in [0.15, 0.2) is 0 Å². The maximum atomic E-state index is 13.9. The second-order valence-corrected chi connectivity index (χ2v) is 10.3. The molecule has 37 heavy (non-hydrogen) atoms. The zero-order valence-electron chi connectivity index (χ0n) is 21.2. The van der Waals surface area contributed by atoms with Crippen LogP contribution < -0.4 is 4.74 Å². The lowest BCUT2D eigenvalue weighted by atomic mass is 9.81. The van der Waals surface area contributed by atoms with Crippen LogP contribution in [0.1, 0.15) is 36.2 Å². The second kappa shape index (κ2) is 9.08. The van der Waals surface area contributed by atoms with E-state index >= 15 is 0 Å². The number of benzene rings is 2. The fourth-order valence-electron chi connectivity index (χ4n) is 6.13. The van der Waals surface area contributed by atoms with E-state index in [4.69, 9.17) is 9.47 Å². The number of morpholine rings is 1. The van der Waals surface area contributed by atoms with E-state index < -0.39 is 11.6 Å². The van der Waals surface area contributed by atoms with Crippen LogP contribution in [-0.4, -0.2) is 88.8 Å². The van der Waals surface area contributed by atoms with Crippen LogP contribution in [0.5, 0.6) is 11.5 Å². The first-order valence-electron chi connectivity index (χ1n) is 12.8. The maximum absolute atomic E-state index is 13.9. The Labute approximate surface area is 215 Å². The number of aromatic hydroxyl groups is 1. The van der Waals surface area contributed by atoms with E-state index in [-0.39, 0.29) is 17.7 Å². The summed E-state index contributed by atoms with van der Waals surface area (Å²) in [7, 11) is 1.63. The van der Waals surface area contributed by atoms with Crippen LogP contribution in [0.3, 0.4) is 0 Å². The van der Waals surface area contributed by atoms with E-state index in [1.54, 1.807) is 30.2 Å². The molecule has 3 aliphatic heterocycles. The summed E-state index contributed by atoms with van der Waals surface area (Å²) in [6, 6.07) is 11.9. The zero-order chi connectivity index (χ0) is 25.7. The van der Waals surface area contributed by atoms with E-state index in [1.807, 2.05) is 31.2 Å². The number of fused-ring (bicyclic) bond motifs is 4. The summed E-state index contributed by atoms with van der Waals surface area (Å²) in [4.78, 5) is 36.8. The van der Waals surface area contributed by atoms with E-state index in [9.17, 15) is 14.7 Å². The molecule has 194 valence electrons. The number of ether oxygens (including phenoxy) is 2. The minimum Gasteiger partial charge on any atom is -0.508 e. The molecule has 9 heteroatoms. The molecule has 9 nitrogen and oxygen atoms in total. The standard InChI is InChI=1S/C28H32N4O5/c1-28-17-22-21-16-20(36-2)7-8-23(21)29-24(22)25(18-5-3-6-19(33)15-18)32(28)27(35)31(26(28)34)10-4-9-30-11-13-37-14-12-30/h3,5-8,15-16,25,29,33H,4,9-14,17H2,1-2H3. The highest BCUT2D eigenvalue weighted by molar-refractivity contribution is 6.08. The molecule has 0 radical (unpaired) electrons. The minimum atomic E-state index is -1.04. The third kappa shape index (κ3) is 3.84. The van der Waals surface area contributed by atoms with Gasteiger partial charge in [-0.05, 0) is 54.8 Å². The number of methoxy groups -OCH3 is 1. The number of H-pyrrole nitrogens is 1. The van der Waals surface area contributed by atoms with Crippen LogP contribution in [0, 0.1) is 0 Å². The van der Waals surface area contributed by atoms with Crippen LogP contribution in [0.2, 0.25) is 0 Å². The third-order valence-corrected chi connectivity index (χ3v) is 8.02. The van der Waals surface area contributed by atoms with Gasteiger partial charge in [-0.15, -0.1) is 0 Å². The fraction of sp³-hybridized carbons (Fsp3) is 0.429. The van der Waals surface area contributed by atoms with Gasteiger partial charge in [-0.25, -0.2) is 4.79 Å². The van der Waals surface area contributed by atoms with Crippen LogP contribution in [0.25, 0.3) is 10.9 Å². The smallest absolute Gasteiger partial charge is 0.328 e. The van der Waals surface area contributed by atoms with Crippen molar-refractivity contribution in [1.82, 2.24) is 19.7 Å².